The fourth-order valence-electron chi connectivity index (χ4n) is 1.21. The van der Waals surface area contributed by atoms with E-state index in [0.29, 0.717) is 6.61 Å². The lowest BCUT2D eigenvalue weighted by Crippen LogP contribution is -1.95. The summed E-state index contributed by atoms with van der Waals surface area (Å²) in [6.45, 7) is 10.1. The van der Waals surface area contributed by atoms with E-state index < -0.39 is 0 Å². The quantitative estimate of drug-likeness (QED) is 0.556. The van der Waals surface area contributed by atoms with Crippen LogP contribution >= 0.6 is 0 Å². The molecule has 0 aromatic heterocycles. The monoisotopic (exact) mass is 246 g/mol. The highest BCUT2D eigenvalue weighted by Gasteiger charge is 1.94. The molecule has 3 heteroatoms. The first-order valence-electron chi connectivity index (χ1n) is 6.90. The summed E-state index contributed by atoms with van der Waals surface area (Å²) in [5.74, 6) is -0.211. The van der Waals surface area contributed by atoms with Crippen molar-refractivity contribution in [2.75, 3.05) is 19.8 Å². The minimum atomic E-state index is -0.211. The molecule has 3 nitrogen and oxygen atoms in total. The molecular weight excluding hydrogens is 216 g/mol. The highest BCUT2D eigenvalue weighted by Crippen LogP contribution is 1.98. The van der Waals surface area contributed by atoms with Gasteiger partial charge in [-0.2, -0.15) is 0 Å². The van der Waals surface area contributed by atoms with Gasteiger partial charge in [0.25, 0.3) is 0 Å². The molecule has 0 spiro atoms. The Morgan fingerprint density at radius 3 is 1.65 bits per heavy atom. The van der Waals surface area contributed by atoms with Crippen molar-refractivity contribution in [2.24, 2.45) is 0 Å². The van der Waals surface area contributed by atoms with Crippen LogP contribution in [0.1, 0.15) is 66.2 Å². The van der Waals surface area contributed by atoms with Crippen molar-refractivity contribution in [2.45, 2.75) is 66.2 Å². The zero-order chi connectivity index (χ0) is 13.4. The molecule has 0 bridgehead atoms. The smallest absolute Gasteiger partial charge is 0.302 e. The number of rotatable bonds is 4. The maximum Gasteiger partial charge on any atom is 0.302 e. The van der Waals surface area contributed by atoms with Gasteiger partial charge in [-0.3, -0.25) is 4.79 Å². The number of carbonyl (C=O) groups excluding carboxylic acids is 1. The van der Waals surface area contributed by atoms with Gasteiger partial charge in [-0.05, 0) is 19.8 Å². The van der Waals surface area contributed by atoms with Crippen LogP contribution in [0, 0.1) is 0 Å². The standard InChI is InChI=1S/C6H14.C4H8O2.C4H8O/c1-3-5-6-4-2;1-3-6-4(2)5;1-2-4-5-3-1/h3-6H2,1-2H3;3H2,1-2H3;1-4H2. The lowest BCUT2D eigenvalue weighted by molar-refractivity contribution is -0.140. The number of hydrogen-bond acceptors (Lipinski definition) is 3. The van der Waals surface area contributed by atoms with Crippen LogP contribution in [0.4, 0.5) is 0 Å². The SMILES string of the molecule is C1CCOC1.CCCCCC.CCOC(C)=O. The predicted molar refractivity (Wildman–Crippen MR) is 72.2 cm³/mol. The van der Waals surface area contributed by atoms with Crippen LogP contribution in [0.2, 0.25) is 0 Å². The molecule has 0 radical (unpaired) electrons. The molecule has 0 N–H and O–H groups in total. The molecule has 0 aliphatic carbocycles. The molecule has 0 aromatic carbocycles. The second-order valence-electron chi connectivity index (χ2n) is 3.95. The van der Waals surface area contributed by atoms with Crippen LogP contribution in [0.5, 0.6) is 0 Å². The van der Waals surface area contributed by atoms with Crippen LogP contribution in [0.25, 0.3) is 0 Å². The Labute approximate surface area is 107 Å². The summed E-state index contributed by atoms with van der Waals surface area (Å²) in [6, 6.07) is 0. The van der Waals surface area contributed by atoms with Gasteiger partial charge in [0.15, 0.2) is 0 Å². The van der Waals surface area contributed by atoms with Gasteiger partial charge >= 0.3 is 5.97 Å². The van der Waals surface area contributed by atoms with E-state index in [4.69, 9.17) is 4.74 Å². The Bertz CT molecular complexity index is 131. The molecule has 104 valence electrons. The van der Waals surface area contributed by atoms with Crippen LogP contribution in [-0.2, 0) is 14.3 Å². The van der Waals surface area contributed by atoms with E-state index in [1.54, 1.807) is 6.92 Å². The van der Waals surface area contributed by atoms with Crippen LogP contribution < -0.4 is 0 Å². The summed E-state index contributed by atoms with van der Waals surface area (Å²) in [5, 5.41) is 0. The van der Waals surface area contributed by atoms with Crippen molar-refractivity contribution >= 4 is 5.97 Å². The first-order valence-corrected chi connectivity index (χ1v) is 6.90. The van der Waals surface area contributed by atoms with Crippen molar-refractivity contribution in [1.82, 2.24) is 0 Å². The first-order chi connectivity index (χ1) is 8.18. The number of hydrogen-bond donors (Lipinski definition) is 0. The third kappa shape index (κ3) is 25.6. The molecule has 0 unspecified atom stereocenters. The minimum Gasteiger partial charge on any atom is -0.466 e. The average Bonchev–Trinajstić information content (AvgIpc) is 2.85. The zero-order valence-corrected chi connectivity index (χ0v) is 12.1. The molecule has 1 heterocycles. The van der Waals surface area contributed by atoms with Gasteiger partial charge in [0, 0.05) is 20.1 Å². The fourth-order valence-corrected chi connectivity index (χ4v) is 1.21. The van der Waals surface area contributed by atoms with Crippen LogP contribution in [0.3, 0.4) is 0 Å². The van der Waals surface area contributed by atoms with Gasteiger partial charge in [0.1, 0.15) is 0 Å². The zero-order valence-electron chi connectivity index (χ0n) is 12.1. The molecule has 17 heavy (non-hydrogen) atoms. The van der Waals surface area contributed by atoms with E-state index in [0.717, 1.165) is 13.2 Å². The lowest BCUT2D eigenvalue weighted by Gasteiger charge is -1.89. The molecule has 1 aliphatic heterocycles. The molecular formula is C14H30O3. The Morgan fingerprint density at radius 2 is 1.53 bits per heavy atom. The maximum absolute atomic E-state index is 9.82. The Balaban J connectivity index is 0. The third-order valence-electron chi connectivity index (χ3n) is 2.13. The van der Waals surface area contributed by atoms with Gasteiger partial charge in [0.05, 0.1) is 6.61 Å². The summed E-state index contributed by atoms with van der Waals surface area (Å²) >= 11 is 0. The normalized spacial score (nSPS) is 12.9. The second kappa shape index (κ2) is 17.8. The topological polar surface area (TPSA) is 35.5 Å². The predicted octanol–water partition coefficient (Wildman–Crippen LogP) is 3.95. The van der Waals surface area contributed by atoms with E-state index in [9.17, 15) is 4.79 Å². The molecule has 1 fully saturated rings. The summed E-state index contributed by atoms with van der Waals surface area (Å²) < 4.78 is 9.35. The maximum atomic E-state index is 9.82. The Kier molecular flexibility index (Phi) is 19.7. The largest absolute Gasteiger partial charge is 0.466 e. The van der Waals surface area contributed by atoms with Crippen molar-refractivity contribution in [3.05, 3.63) is 0 Å². The van der Waals surface area contributed by atoms with Crippen molar-refractivity contribution < 1.29 is 14.3 Å². The molecule has 0 amide bonds. The van der Waals surface area contributed by atoms with Crippen molar-refractivity contribution in [1.29, 1.82) is 0 Å². The van der Waals surface area contributed by atoms with Gasteiger partial charge < -0.3 is 9.47 Å². The van der Waals surface area contributed by atoms with E-state index in [1.165, 1.54) is 45.4 Å². The van der Waals surface area contributed by atoms with E-state index >= 15 is 0 Å². The first kappa shape index (κ1) is 18.8. The van der Waals surface area contributed by atoms with Crippen molar-refractivity contribution in [3.63, 3.8) is 0 Å². The molecule has 1 aliphatic rings. The number of carbonyl (C=O) groups is 1. The summed E-state index contributed by atoms with van der Waals surface area (Å²) in [6.07, 6.45) is 8.09. The lowest BCUT2D eigenvalue weighted by atomic mass is 10.2. The highest BCUT2D eigenvalue weighted by atomic mass is 16.5. The van der Waals surface area contributed by atoms with E-state index in [2.05, 4.69) is 18.6 Å². The average molecular weight is 246 g/mol. The van der Waals surface area contributed by atoms with Gasteiger partial charge in [-0.1, -0.05) is 39.5 Å². The summed E-state index contributed by atoms with van der Waals surface area (Å²) in [7, 11) is 0. The number of esters is 1. The number of unbranched alkanes of at least 4 members (excludes halogenated alkanes) is 3. The summed E-state index contributed by atoms with van der Waals surface area (Å²) in [4.78, 5) is 9.82. The van der Waals surface area contributed by atoms with E-state index in [-0.39, 0.29) is 5.97 Å². The molecule has 0 atom stereocenters. The second-order valence-corrected chi connectivity index (χ2v) is 3.95. The van der Waals surface area contributed by atoms with Crippen LogP contribution in [0.15, 0.2) is 0 Å². The Morgan fingerprint density at radius 1 is 1.06 bits per heavy atom. The molecule has 1 saturated heterocycles. The van der Waals surface area contributed by atoms with Gasteiger partial charge in [-0.15, -0.1) is 0 Å². The van der Waals surface area contributed by atoms with Gasteiger partial charge in [-0.25, -0.2) is 0 Å². The summed E-state index contributed by atoms with van der Waals surface area (Å²) in [5.41, 5.74) is 0. The molecule has 1 rings (SSSR count). The van der Waals surface area contributed by atoms with Crippen molar-refractivity contribution in [3.8, 4) is 0 Å². The third-order valence-corrected chi connectivity index (χ3v) is 2.13. The Hall–Kier alpha value is -0.570. The van der Waals surface area contributed by atoms with Crippen LogP contribution in [-0.4, -0.2) is 25.8 Å². The molecule has 0 saturated carbocycles. The minimum absolute atomic E-state index is 0.211. The fraction of sp³-hybridized carbons (Fsp3) is 0.929. The highest BCUT2D eigenvalue weighted by molar-refractivity contribution is 5.65. The number of ether oxygens (including phenoxy) is 2. The van der Waals surface area contributed by atoms with E-state index in [1.807, 2.05) is 0 Å². The van der Waals surface area contributed by atoms with Gasteiger partial charge in [0.2, 0.25) is 0 Å². The molecule has 0 aromatic rings.